The third-order valence-electron chi connectivity index (χ3n) is 9.17. The van der Waals surface area contributed by atoms with Crippen molar-refractivity contribution in [3.8, 4) is 0 Å². The molecule has 0 bridgehead atoms. The van der Waals surface area contributed by atoms with Crippen molar-refractivity contribution >= 4 is 59.7 Å². The Morgan fingerprint density at radius 2 is 0.582 bits per heavy atom. The molecule has 3 heterocycles. The van der Waals surface area contributed by atoms with Gasteiger partial charge in [0.05, 0.1) is 19.8 Å². The Morgan fingerprint density at radius 3 is 0.836 bits per heavy atom. The standard InChI is InChI=1S/C41H56O26/c1-12-13-52-39-36(62-24(9)49)33(59-21(6)46)31(57-19(4)44)28(65-39)15-54-41-38(64-26(11)51)35(61-23(8)48)32(58-20(5)45)29(67-41)16-55-40-37(63-25(10)50)34(60-22(7)47)30(56-18(3)43)27(66-40)14-53-17(2)42/h12,27-41H,1,13-16H2,2-11H3/t27-,28-,29-,30-,31-,32-,33+,34+,35+,36-,37-,38-,39?,40-,41-/m1/s1. The van der Waals surface area contributed by atoms with Gasteiger partial charge in [-0.15, -0.1) is 6.58 Å². The van der Waals surface area contributed by atoms with E-state index in [1.54, 1.807) is 0 Å². The van der Waals surface area contributed by atoms with E-state index in [1.165, 1.54) is 6.08 Å². The Balaban J connectivity index is 2.14. The first-order valence-corrected chi connectivity index (χ1v) is 20.5. The third-order valence-corrected chi connectivity index (χ3v) is 9.17. The molecular formula is C41H56O26. The number of ether oxygens (including phenoxy) is 16. The number of esters is 10. The Labute approximate surface area is 383 Å². The van der Waals surface area contributed by atoms with E-state index < -0.39 is 172 Å². The van der Waals surface area contributed by atoms with Gasteiger partial charge in [-0.1, -0.05) is 6.08 Å². The molecule has 67 heavy (non-hydrogen) atoms. The molecule has 0 aromatic carbocycles. The van der Waals surface area contributed by atoms with Crippen molar-refractivity contribution in [3.05, 3.63) is 12.7 Å². The highest BCUT2D eigenvalue weighted by Crippen LogP contribution is 2.35. The van der Waals surface area contributed by atoms with Crippen LogP contribution in [0.25, 0.3) is 0 Å². The number of carbonyl (C=O) groups excluding carboxylic acids is 10. The molecule has 0 radical (unpaired) electrons. The van der Waals surface area contributed by atoms with Crippen LogP contribution in [0.15, 0.2) is 12.7 Å². The lowest BCUT2D eigenvalue weighted by atomic mass is 9.96. The molecule has 0 aromatic heterocycles. The zero-order valence-corrected chi connectivity index (χ0v) is 38.4. The van der Waals surface area contributed by atoms with Crippen LogP contribution in [-0.4, -0.2) is 178 Å². The molecular weight excluding hydrogens is 908 g/mol. The summed E-state index contributed by atoms with van der Waals surface area (Å²) in [6, 6.07) is 0. The van der Waals surface area contributed by atoms with Gasteiger partial charge in [0.25, 0.3) is 0 Å². The monoisotopic (exact) mass is 964 g/mol. The summed E-state index contributed by atoms with van der Waals surface area (Å²) in [5.41, 5.74) is 0. The molecule has 3 aliphatic heterocycles. The number of hydrogen-bond acceptors (Lipinski definition) is 26. The molecule has 0 aromatic rings. The molecule has 0 aliphatic carbocycles. The average Bonchev–Trinajstić information content (AvgIpc) is 3.19. The van der Waals surface area contributed by atoms with Crippen LogP contribution in [0.4, 0.5) is 0 Å². The molecule has 26 nitrogen and oxygen atoms in total. The second kappa shape index (κ2) is 25.9. The minimum absolute atomic E-state index is 0.190. The van der Waals surface area contributed by atoms with Gasteiger partial charge in [-0.2, -0.15) is 0 Å². The minimum Gasteiger partial charge on any atom is -0.463 e. The van der Waals surface area contributed by atoms with Crippen LogP contribution in [0.1, 0.15) is 69.2 Å². The molecule has 3 saturated heterocycles. The lowest BCUT2D eigenvalue weighted by Crippen LogP contribution is -2.65. The van der Waals surface area contributed by atoms with E-state index in [-0.39, 0.29) is 6.61 Å². The molecule has 0 spiro atoms. The van der Waals surface area contributed by atoms with E-state index in [4.69, 9.17) is 75.8 Å². The molecule has 3 aliphatic rings. The van der Waals surface area contributed by atoms with Gasteiger partial charge in [0.2, 0.25) is 0 Å². The van der Waals surface area contributed by atoms with Crippen LogP contribution in [0.2, 0.25) is 0 Å². The highest BCUT2D eigenvalue weighted by atomic mass is 16.8. The van der Waals surface area contributed by atoms with Crippen molar-refractivity contribution in [2.24, 2.45) is 0 Å². The van der Waals surface area contributed by atoms with Crippen molar-refractivity contribution in [2.45, 2.75) is 161 Å². The SMILES string of the molecule is C=CCOC1O[C@H](CO[C@@H]2O[C@H](CO[C@@H]3O[C@H](COC(C)=O)[C@@H](OC(C)=O)[C@H](OC(C)=O)[C@H]3OC(C)=O)[C@@H](OC(C)=O)[C@H](OC(C)=O)[C@H]2OC(C)=O)[C@@H](OC(C)=O)[C@H](OC(C)=O)[C@H]1OC(C)=O. The zero-order chi connectivity index (χ0) is 50.3. The molecule has 0 N–H and O–H groups in total. The zero-order valence-electron chi connectivity index (χ0n) is 38.4. The van der Waals surface area contributed by atoms with E-state index in [0.29, 0.717) is 0 Å². The lowest BCUT2D eigenvalue weighted by Gasteiger charge is -2.47. The van der Waals surface area contributed by atoms with Gasteiger partial charge in [-0.3, -0.25) is 47.9 Å². The van der Waals surface area contributed by atoms with Gasteiger partial charge in [0.15, 0.2) is 73.8 Å². The van der Waals surface area contributed by atoms with Crippen LogP contribution < -0.4 is 0 Å². The minimum atomic E-state index is -1.85. The summed E-state index contributed by atoms with van der Waals surface area (Å²) in [5, 5.41) is 0. The first kappa shape index (κ1) is 55.5. The summed E-state index contributed by atoms with van der Waals surface area (Å²) in [7, 11) is 0. The summed E-state index contributed by atoms with van der Waals surface area (Å²) in [4.78, 5) is 124. The molecule has 0 amide bonds. The van der Waals surface area contributed by atoms with Crippen molar-refractivity contribution in [1.29, 1.82) is 0 Å². The van der Waals surface area contributed by atoms with Crippen molar-refractivity contribution in [3.63, 3.8) is 0 Å². The highest BCUT2D eigenvalue weighted by molar-refractivity contribution is 5.70. The van der Waals surface area contributed by atoms with Gasteiger partial charge >= 0.3 is 59.7 Å². The molecule has 0 saturated carbocycles. The smallest absolute Gasteiger partial charge is 0.303 e. The van der Waals surface area contributed by atoms with E-state index in [9.17, 15) is 47.9 Å². The maximum atomic E-state index is 12.7. The fraction of sp³-hybridized carbons (Fsp3) is 0.707. The van der Waals surface area contributed by atoms with E-state index >= 15 is 0 Å². The maximum absolute atomic E-state index is 12.7. The fourth-order valence-electron chi connectivity index (χ4n) is 7.11. The van der Waals surface area contributed by atoms with Gasteiger partial charge in [0.1, 0.15) is 24.9 Å². The van der Waals surface area contributed by atoms with Crippen molar-refractivity contribution in [2.75, 3.05) is 26.4 Å². The first-order valence-electron chi connectivity index (χ1n) is 20.5. The summed E-state index contributed by atoms with van der Waals surface area (Å²) in [5.74, 6) is -9.15. The molecule has 15 atom stereocenters. The van der Waals surface area contributed by atoms with Crippen molar-refractivity contribution in [1.82, 2.24) is 0 Å². The lowest BCUT2D eigenvalue weighted by molar-refractivity contribution is -0.344. The van der Waals surface area contributed by atoms with E-state index in [2.05, 4.69) is 6.58 Å². The van der Waals surface area contributed by atoms with Gasteiger partial charge in [-0.05, 0) is 0 Å². The summed E-state index contributed by atoms with van der Waals surface area (Å²) in [6.07, 6.45) is -23.2. The Kier molecular flexibility index (Phi) is 21.5. The fourth-order valence-corrected chi connectivity index (χ4v) is 7.11. The highest BCUT2D eigenvalue weighted by Gasteiger charge is 2.57. The number of carbonyl (C=O) groups is 10. The number of rotatable bonds is 20. The molecule has 376 valence electrons. The predicted octanol–water partition coefficient (Wildman–Crippen LogP) is -0.655. The normalized spacial score (nSPS) is 31.3. The second-order valence-electron chi connectivity index (χ2n) is 14.9. The van der Waals surface area contributed by atoms with Crippen molar-refractivity contribution < 1.29 is 124 Å². The molecule has 3 fully saturated rings. The molecule has 26 heteroatoms. The Hall–Kier alpha value is -5.80. The van der Waals surface area contributed by atoms with Gasteiger partial charge < -0.3 is 75.8 Å². The average molecular weight is 965 g/mol. The van der Waals surface area contributed by atoms with Crippen LogP contribution in [-0.2, 0) is 124 Å². The molecule has 3 rings (SSSR count). The topological polar surface area (TPSA) is 318 Å². The van der Waals surface area contributed by atoms with Crippen LogP contribution in [0.5, 0.6) is 0 Å². The Bertz CT molecular complexity index is 1810. The Morgan fingerprint density at radius 1 is 0.343 bits per heavy atom. The maximum Gasteiger partial charge on any atom is 0.303 e. The van der Waals surface area contributed by atoms with Crippen LogP contribution in [0, 0.1) is 0 Å². The predicted molar refractivity (Wildman–Crippen MR) is 211 cm³/mol. The molecule has 1 unspecified atom stereocenters. The van der Waals surface area contributed by atoms with E-state index in [1.807, 2.05) is 0 Å². The van der Waals surface area contributed by atoms with E-state index in [0.717, 1.165) is 69.2 Å². The largest absolute Gasteiger partial charge is 0.463 e. The number of hydrogen-bond donors (Lipinski definition) is 0. The first-order chi connectivity index (χ1) is 31.4. The summed E-state index contributed by atoms with van der Waals surface area (Å²) >= 11 is 0. The third kappa shape index (κ3) is 17.1. The quantitative estimate of drug-likeness (QED) is 0.0831. The van der Waals surface area contributed by atoms with Gasteiger partial charge in [-0.25, -0.2) is 0 Å². The summed E-state index contributed by atoms with van der Waals surface area (Å²) in [6.45, 7) is 11.5. The summed E-state index contributed by atoms with van der Waals surface area (Å²) < 4.78 is 90.7. The van der Waals surface area contributed by atoms with Crippen LogP contribution >= 0.6 is 0 Å². The van der Waals surface area contributed by atoms with Gasteiger partial charge in [0, 0.05) is 69.2 Å². The second-order valence-corrected chi connectivity index (χ2v) is 14.9. The van der Waals surface area contributed by atoms with Crippen LogP contribution in [0.3, 0.4) is 0 Å².